The number of ether oxygens (including phenoxy) is 3. The second-order valence-electron chi connectivity index (χ2n) is 11.0. The molecule has 0 heterocycles. The molecule has 214 valence electrons. The summed E-state index contributed by atoms with van der Waals surface area (Å²) in [5.74, 6) is 0.789. The zero-order chi connectivity index (χ0) is 29.1. The maximum absolute atomic E-state index is 12.6. The fourth-order valence-corrected chi connectivity index (χ4v) is 10.7. The van der Waals surface area contributed by atoms with Gasteiger partial charge in [-0.3, -0.25) is 0 Å². The first-order chi connectivity index (χ1) is 19.1. The molecule has 3 rings (SSSR count). The van der Waals surface area contributed by atoms with Crippen molar-refractivity contribution in [3.63, 3.8) is 0 Å². The standard InChI is InChI=1S/C32H42O6Si2/c1-7-24(2)23-36-31(33)27-11-9-25(10-12-27)26-13-19-30(20-14-26)37-32(34)28-15-17-29(18-16-28)35-21-8-22-40(5,6)38-39(3)4/h9-20,24,39H,7-8,21-23H2,1-6H3. The number of esters is 2. The number of carbonyl (C=O) groups is 2. The molecule has 8 heteroatoms. The van der Waals surface area contributed by atoms with E-state index in [1.807, 2.05) is 24.3 Å². The molecule has 40 heavy (non-hydrogen) atoms. The molecule has 0 aliphatic rings. The van der Waals surface area contributed by atoms with Crippen molar-refractivity contribution in [2.24, 2.45) is 5.92 Å². The van der Waals surface area contributed by atoms with E-state index in [9.17, 15) is 9.59 Å². The van der Waals surface area contributed by atoms with Crippen LogP contribution in [0.25, 0.3) is 11.1 Å². The van der Waals surface area contributed by atoms with Crippen LogP contribution in [-0.4, -0.2) is 42.5 Å². The van der Waals surface area contributed by atoms with Crippen molar-refractivity contribution in [3.8, 4) is 22.6 Å². The van der Waals surface area contributed by atoms with Crippen molar-refractivity contribution in [3.05, 3.63) is 83.9 Å². The van der Waals surface area contributed by atoms with Crippen LogP contribution in [0.3, 0.4) is 0 Å². The Labute approximate surface area is 241 Å². The highest BCUT2D eigenvalue weighted by Crippen LogP contribution is 2.24. The van der Waals surface area contributed by atoms with Crippen molar-refractivity contribution < 1.29 is 27.9 Å². The van der Waals surface area contributed by atoms with Crippen LogP contribution in [0.5, 0.6) is 11.5 Å². The minimum atomic E-state index is -1.60. The van der Waals surface area contributed by atoms with E-state index in [2.05, 4.69) is 40.0 Å². The summed E-state index contributed by atoms with van der Waals surface area (Å²) in [6, 6.07) is 22.7. The van der Waals surface area contributed by atoms with Crippen molar-refractivity contribution >= 4 is 29.3 Å². The molecule has 0 fully saturated rings. The molecule has 3 aromatic carbocycles. The molecule has 0 aliphatic carbocycles. The highest BCUT2D eigenvalue weighted by Gasteiger charge is 2.23. The molecule has 0 spiro atoms. The lowest BCUT2D eigenvalue weighted by molar-refractivity contribution is 0.0447. The second kappa shape index (κ2) is 15.0. The Morgan fingerprint density at radius 2 is 1.32 bits per heavy atom. The van der Waals surface area contributed by atoms with Gasteiger partial charge in [0.05, 0.1) is 24.3 Å². The van der Waals surface area contributed by atoms with Gasteiger partial charge < -0.3 is 18.3 Å². The van der Waals surface area contributed by atoms with Crippen molar-refractivity contribution in [1.29, 1.82) is 0 Å². The van der Waals surface area contributed by atoms with Gasteiger partial charge in [-0.2, -0.15) is 0 Å². The molecule has 0 N–H and O–H groups in total. The van der Waals surface area contributed by atoms with Crippen molar-refractivity contribution in [1.82, 2.24) is 0 Å². The summed E-state index contributed by atoms with van der Waals surface area (Å²) in [4.78, 5) is 24.9. The lowest BCUT2D eigenvalue weighted by atomic mass is 10.0. The molecule has 1 unspecified atom stereocenters. The van der Waals surface area contributed by atoms with Crippen LogP contribution in [0.1, 0.15) is 47.4 Å². The van der Waals surface area contributed by atoms with Gasteiger partial charge in [0, 0.05) is 0 Å². The highest BCUT2D eigenvalue weighted by atomic mass is 28.4. The number of carbonyl (C=O) groups excluding carboxylic acids is 2. The number of benzene rings is 3. The maximum atomic E-state index is 12.6. The Morgan fingerprint density at radius 1 is 0.800 bits per heavy atom. The zero-order valence-corrected chi connectivity index (χ0v) is 26.7. The third-order valence-electron chi connectivity index (χ3n) is 6.55. The molecule has 0 aliphatic heterocycles. The van der Waals surface area contributed by atoms with E-state index in [4.69, 9.17) is 18.3 Å². The fraction of sp³-hybridized carbons (Fsp3) is 0.375. The van der Waals surface area contributed by atoms with Crippen LogP contribution in [-0.2, 0) is 8.85 Å². The van der Waals surface area contributed by atoms with Gasteiger partial charge in [0.25, 0.3) is 0 Å². The average Bonchev–Trinajstić information content (AvgIpc) is 2.94. The molecule has 0 aromatic heterocycles. The Bertz CT molecular complexity index is 1220. The lowest BCUT2D eigenvalue weighted by Gasteiger charge is -2.25. The largest absolute Gasteiger partial charge is 0.494 e. The van der Waals surface area contributed by atoms with Gasteiger partial charge >= 0.3 is 11.9 Å². The first-order valence-electron chi connectivity index (χ1n) is 14.1. The van der Waals surface area contributed by atoms with Crippen LogP contribution in [0.4, 0.5) is 0 Å². The molecule has 0 bridgehead atoms. The summed E-state index contributed by atoms with van der Waals surface area (Å²) < 4.78 is 23.0. The van der Waals surface area contributed by atoms with E-state index in [0.717, 1.165) is 35.8 Å². The lowest BCUT2D eigenvalue weighted by Crippen LogP contribution is -2.35. The first-order valence-corrected chi connectivity index (χ1v) is 20.0. The Morgan fingerprint density at radius 3 is 1.90 bits per heavy atom. The van der Waals surface area contributed by atoms with Gasteiger partial charge in [-0.05, 0) is 104 Å². The molecule has 0 amide bonds. The minimum Gasteiger partial charge on any atom is -0.494 e. The first kappa shape index (κ1) is 31.3. The van der Waals surface area contributed by atoms with Gasteiger partial charge in [-0.25, -0.2) is 9.59 Å². The third-order valence-corrected chi connectivity index (χ3v) is 12.5. The molecule has 1 atom stereocenters. The quantitative estimate of drug-likeness (QED) is 0.0843. The van der Waals surface area contributed by atoms with Crippen LogP contribution in [0.2, 0.25) is 32.2 Å². The maximum Gasteiger partial charge on any atom is 0.343 e. The van der Waals surface area contributed by atoms with Gasteiger partial charge in [0.2, 0.25) is 0 Å². The van der Waals surface area contributed by atoms with E-state index < -0.39 is 23.3 Å². The summed E-state index contributed by atoms with van der Waals surface area (Å²) in [5.41, 5.74) is 2.88. The third kappa shape index (κ3) is 10.1. The fourth-order valence-electron chi connectivity index (χ4n) is 4.17. The second-order valence-corrected chi connectivity index (χ2v) is 18.1. The number of hydrogen-bond donors (Lipinski definition) is 0. The molecule has 6 nitrogen and oxygen atoms in total. The van der Waals surface area contributed by atoms with E-state index in [1.165, 1.54) is 0 Å². The number of rotatable bonds is 14. The smallest absolute Gasteiger partial charge is 0.343 e. The van der Waals surface area contributed by atoms with Crippen molar-refractivity contribution in [2.75, 3.05) is 13.2 Å². The molecule has 0 saturated heterocycles. The van der Waals surface area contributed by atoms with Crippen molar-refractivity contribution in [2.45, 2.75) is 58.9 Å². The van der Waals surface area contributed by atoms with E-state index in [1.54, 1.807) is 48.5 Å². The summed E-state index contributed by atoms with van der Waals surface area (Å²) in [7, 11) is -2.61. The van der Waals surface area contributed by atoms with E-state index in [-0.39, 0.29) is 5.97 Å². The van der Waals surface area contributed by atoms with Gasteiger partial charge in [0.1, 0.15) is 11.5 Å². The van der Waals surface area contributed by atoms with Gasteiger partial charge in [-0.1, -0.05) is 44.5 Å². The van der Waals surface area contributed by atoms with Crippen LogP contribution >= 0.6 is 0 Å². The molecular weight excluding hydrogens is 537 g/mol. The Kier molecular flexibility index (Phi) is 11.7. The summed E-state index contributed by atoms with van der Waals surface area (Å²) >= 11 is 0. The van der Waals surface area contributed by atoms with Gasteiger partial charge in [-0.15, -0.1) is 0 Å². The summed E-state index contributed by atoms with van der Waals surface area (Å²) in [5, 5.41) is 0. The monoisotopic (exact) mass is 578 g/mol. The van der Waals surface area contributed by atoms with Gasteiger partial charge in [0.15, 0.2) is 17.4 Å². The Hall–Kier alpha value is -3.21. The SMILES string of the molecule is CCC(C)COC(=O)c1ccc(-c2ccc(OC(=O)c3ccc(OCCC[Si](C)(C)O[SiH](C)C)cc3)cc2)cc1. The molecular formula is C32H42O6Si2. The molecule has 0 saturated carbocycles. The van der Waals surface area contributed by atoms with E-state index in [0.29, 0.717) is 36.0 Å². The predicted molar refractivity (Wildman–Crippen MR) is 165 cm³/mol. The number of hydrogen-bond acceptors (Lipinski definition) is 6. The average molecular weight is 579 g/mol. The predicted octanol–water partition coefficient (Wildman–Crippen LogP) is 7.75. The van der Waals surface area contributed by atoms with Crippen LogP contribution < -0.4 is 9.47 Å². The topological polar surface area (TPSA) is 71.1 Å². The summed E-state index contributed by atoms with van der Waals surface area (Å²) in [6.45, 7) is 14.1. The highest BCUT2D eigenvalue weighted by molar-refractivity contribution is 6.77. The molecule has 3 aromatic rings. The van der Waals surface area contributed by atoms with Crippen LogP contribution in [0, 0.1) is 5.92 Å². The molecule has 0 radical (unpaired) electrons. The Balaban J connectivity index is 1.48. The summed E-state index contributed by atoms with van der Waals surface area (Å²) in [6.07, 6.45) is 1.92. The zero-order valence-electron chi connectivity index (χ0n) is 24.6. The normalized spacial score (nSPS) is 12.2. The minimum absolute atomic E-state index is 0.312. The van der Waals surface area contributed by atoms with E-state index >= 15 is 0 Å². The van der Waals surface area contributed by atoms with Crippen LogP contribution in [0.15, 0.2) is 72.8 Å².